The fourth-order valence-electron chi connectivity index (χ4n) is 2.62. The maximum absolute atomic E-state index is 11.7. The molecule has 1 aromatic carbocycles. The van der Waals surface area contributed by atoms with Crippen molar-refractivity contribution in [2.75, 3.05) is 31.7 Å². The van der Waals surface area contributed by atoms with Crippen LogP contribution in [0.2, 0.25) is 0 Å². The summed E-state index contributed by atoms with van der Waals surface area (Å²) in [5.74, 6) is 0. The molecule has 0 saturated carbocycles. The third-order valence-corrected chi connectivity index (χ3v) is 4.91. The fourth-order valence-corrected chi connectivity index (χ4v) is 3.48. The van der Waals surface area contributed by atoms with Crippen LogP contribution in [0.15, 0.2) is 23.1 Å². The van der Waals surface area contributed by atoms with E-state index in [1.54, 1.807) is 6.07 Å². The Morgan fingerprint density at radius 3 is 2.71 bits per heavy atom. The van der Waals surface area contributed by atoms with Crippen LogP contribution in [0.1, 0.15) is 12.8 Å². The lowest BCUT2D eigenvalue weighted by Crippen LogP contribution is -2.31. The van der Waals surface area contributed by atoms with Gasteiger partial charge in [-0.25, -0.2) is 8.42 Å². The van der Waals surface area contributed by atoms with Gasteiger partial charge in [0.05, 0.1) is 4.92 Å². The van der Waals surface area contributed by atoms with Gasteiger partial charge in [0.15, 0.2) is 9.84 Å². The molecule has 0 radical (unpaired) electrons. The number of para-hydroxylation sites is 1. The molecule has 0 bridgehead atoms. The predicted octanol–water partition coefficient (Wildman–Crippen LogP) is 1.50. The van der Waals surface area contributed by atoms with Crippen LogP contribution in [-0.2, 0) is 9.84 Å². The zero-order valence-corrected chi connectivity index (χ0v) is 12.9. The number of likely N-dealkylation sites (tertiary alicyclic amines) is 1. The van der Waals surface area contributed by atoms with Crippen molar-refractivity contribution in [3.05, 3.63) is 28.3 Å². The van der Waals surface area contributed by atoms with E-state index in [9.17, 15) is 18.5 Å². The molecule has 1 saturated heterocycles. The number of benzene rings is 1. The van der Waals surface area contributed by atoms with Gasteiger partial charge in [0.2, 0.25) is 0 Å². The number of hydrogen-bond donors (Lipinski definition) is 1. The maximum Gasteiger partial charge on any atom is 0.310 e. The molecular formula is C13H19N3O4S. The summed E-state index contributed by atoms with van der Waals surface area (Å²) < 4.78 is 23.4. The minimum atomic E-state index is -3.64. The van der Waals surface area contributed by atoms with E-state index < -0.39 is 14.8 Å². The average Bonchev–Trinajstić information content (AvgIpc) is 2.80. The highest BCUT2D eigenvalue weighted by Gasteiger charge is 2.27. The zero-order valence-electron chi connectivity index (χ0n) is 12.1. The van der Waals surface area contributed by atoms with Crippen molar-refractivity contribution in [2.24, 2.45) is 0 Å². The van der Waals surface area contributed by atoms with Crippen molar-refractivity contribution < 1.29 is 13.3 Å². The Morgan fingerprint density at radius 1 is 1.48 bits per heavy atom. The molecule has 1 N–H and O–H groups in total. The molecule has 7 nitrogen and oxygen atoms in total. The van der Waals surface area contributed by atoms with Gasteiger partial charge in [0.25, 0.3) is 0 Å². The Morgan fingerprint density at radius 2 is 2.19 bits per heavy atom. The van der Waals surface area contributed by atoms with Crippen LogP contribution in [0.3, 0.4) is 0 Å². The lowest BCUT2D eigenvalue weighted by Gasteiger charge is -2.20. The minimum Gasteiger partial charge on any atom is -0.378 e. The Bertz CT molecular complexity index is 645. The molecule has 1 atom stereocenters. The van der Waals surface area contributed by atoms with Crippen molar-refractivity contribution in [1.29, 1.82) is 0 Å². The molecule has 1 heterocycles. The van der Waals surface area contributed by atoms with Gasteiger partial charge in [-0.05, 0) is 38.6 Å². The Kier molecular flexibility index (Phi) is 4.48. The number of likely N-dealkylation sites (N-methyl/N-ethyl adjacent to an activating group) is 1. The molecule has 1 aromatic rings. The highest BCUT2D eigenvalue weighted by molar-refractivity contribution is 7.90. The molecule has 21 heavy (non-hydrogen) atoms. The molecule has 0 aliphatic carbocycles. The summed E-state index contributed by atoms with van der Waals surface area (Å²) >= 11 is 0. The van der Waals surface area contributed by atoms with Crippen molar-refractivity contribution in [1.82, 2.24) is 4.90 Å². The molecule has 1 aliphatic rings. The molecular weight excluding hydrogens is 294 g/mol. The van der Waals surface area contributed by atoms with Gasteiger partial charge in [-0.3, -0.25) is 10.1 Å². The summed E-state index contributed by atoms with van der Waals surface area (Å²) in [6, 6.07) is 4.64. The van der Waals surface area contributed by atoms with Crippen molar-refractivity contribution >= 4 is 21.2 Å². The number of sulfone groups is 1. The Hall–Kier alpha value is -1.67. The van der Waals surface area contributed by atoms with Gasteiger partial charge in [-0.1, -0.05) is 6.07 Å². The zero-order chi connectivity index (χ0) is 15.6. The first-order valence-electron chi connectivity index (χ1n) is 6.72. The number of nitrogens with one attached hydrogen (secondary N) is 1. The smallest absolute Gasteiger partial charge is 0.310 e. The first kappa shape index (κ1) is 15.7. The van der Waals surface area contributed by atoms with Crippen molar-refractivity contribution in [2.45, 2.75) is 23.8 Å². The van der Waals surface area contributed by atoms with E-state index in [-0.39, 0.29) is 16.3 Å². The topological polar surface area (TPSA) is 92.6 Å². The van der Waals surface area contributed by atoms with Crippen LogP contribution in [0.4, 0.5) is 11.4 Å². The Labute approximate surface area is 124 Å². The highest BCUT2D eigenvalue weighted by atomic mass is 32.2. The highest BCUT2D eigenvalue weighted by Crippen LogP contribution is 2.32. The lowest BCUT2D eigenvalue weighted by molar-refractivity contribution is -0.386. The number of hydrogen-bond acceptors (Lipinski definition) is 6. The monoisotopic (exact) mass is 313 g/mol. The largest absolute Gasteiger partial charge is 0.378 e. The maximum atomic E-state index is 11.7. The van der Waals surface area contributed by atoms with Crippen LogP contribution in [0.5, 0.6) is 0 Å². The summed E-state index contributed by atoms with van der Waals surface area (Å²) in [6.45, 7) is 1.57. The third kappa shape index (κ3) is 3.51. The molecule has 2 rings (SSSR count). The molecule has 1 unspecified atom stereocenters. The van der Waals surface area contributed by atoms with E-state index in [2.05, 4.69) is 10.2 Å². The van der Waals surface area contributed by atoms with Crippen LogP contribution >= 0.6 is 0 Å². The third-order valence-electron chi connectivity index (χ3n) is 3.78. The number of anilines is 1. The van der Waals surface area contributed by atoms with E-state index >= 15 is 0 Å². The first-order valence-corrected chi connectivity index (χ1v) is 8.61. The summed E-state index contributed by atoms with van der Waals surface area (Å²) in [5.41, 5.74) is -0.121. The number of rotatable bonds is 5. The molecule has 1 fully saturated rings. The van der Waals surface area contributed by atoms with Gasteiger partial charge in [0, 0.05) is 18.8 Å². The van der Waals surface area contributed by atoms with Crippen LogP contribution in [0, 0.1) is 10.1 Å². The minimum absolute atomic E-state index is 0.253. The van der Waals surface area contributed by atoms with E-state index in [1.807, 2.05) is 7.05 Å². The van der Waals surface area contributed by atoms with E-state index in [1.165, 1.54) is 12.1 Å². The lowest BCUT2D eigenvalue weighted by atomic mass is 10.2. The number of nitro benzene ring substituents is 1. The molecule has 8 heteroatoms. The van der Waals surface area contributed by atoms with E-state index in [4.69, 9.17) is 0 Å². The van der Waals surface area contributed by atoms with Gasteiger partial charge in [-0.15, -0.1) is 0 Å². The second-order valence-electron chi connectivity index (χ2n) is 5.34. The molecule has 1 aliphatic heterocycles. The van der Waals surface area contributed by atoms with Gasteiger partial charge < -0.3 is 10.2 Å². The standard InChI is InChI=1S/C13H19N3O4S/c1-15-8-4-5-10(15)9-14-11-6-3-7-12(21(2,19)20)13(11)16(17)18/h3,6-7,10,14H,4-5,8-9H2,1-2H3. The second kappa shape index (κ2) is 5.98. The van der Waals surface area contributed by atoms with Crippen LogP contribution in [0.25, 0.3) is 0 Å². The summed E-state index contributed by atoms with van der Waals surface area (Å²) in [4.78, 5) is 12.5. The Balaban J connectivity index is 2.29. The van der Waals surface area contributed by atoms with E-state index in [0.717, 1.165) is 25.6 Å². The normalized spacial score (nSPS) is 19.6. The van der Waals surface area contributed by atoms with Crippen LogP contribution < -0.4 is 5.32 Å². The van der Waals surface area contributed by atoms with Crippen LogP contribution in [-0.4, -0.2) is 50.7 Å². The summed E-state index contributed by atoms with van der Waals surface area (Å²) in [6.07, 6.45) is 3.11. The predicted molar refractivity (Wildman–Crippen MR) is 80.3 cm³/mol. The van der Waals surface area contributed by atoms with Crippen molar-refractivity contribution in [3.8, 4) is 0 Å². The van der Waals surface area contributed by atoms with Gasteiger partial charge in [-0.2, -0.15) is 0 Å². The second-order valence-corrected chi connectivity index (χ2v) is 7.32. The summed E-state index contributed by atoms with van der Waals surface area (Å²) in [7, 11) is -1.63. The quantitative estimate of drug-likeness (QED) is 0.654. The molecule has 0 spiro atoms. The summed E-state index contributed by atoms with van der Waals surface area (Å²) in [5, 5.41) is 14.3. The van der Waals surface area contributed by atoms with E-state index in [0.29, 0.717) is 12.6 Å². The number of nitro groups is 1. The van der Waals surface area contributed by atoms with Gasteiger partial charge in [0.1, 0.15) is 10.6 Å². The molecule has 0 amide bonds. The first-order chi connectivity index (χ1) is 9.80. The molecule has 0 aromatic heterocycles. The SMILES string of the molecule is CN1CCCC1CNc1cccc(S(C)(=O)=O)c1[N+](=O)[O-]. The average molecular weight is 313 g/mol. The number of nitrogens with zero attached hydrogens (tertiary/aromatic N) is 2. The van der Waals surface area contributed by atoms with Crippen molar-refractivity contribution in [3.63, 3.8) is 0 Å². The van der Waals surface area contributed by atoms with Gasteiger partial charge >= 0.3 is 5.69 Å². The fraction of sp³-hybridized carbons (Fsp3) is 0.538. The molecule has 116 valence electrons.